The highest BCUT2D eigenvalue weighted by Crippen LogP contribution is 2.33. The van der Waals surface area contributed by atoms with Crippen LogP contribution in [0.3, 0.4) is 0 Å². The number of halogens is 2. The molecule has 2 aliphatic rings. The second-order valence-corrected chi connectivity index (χ2v) is 11.8. The molecule has 2 N–H and O–H groups in total. The van der Waals surface area contributed by atoms with Crippen molar-refractivity contribution < 1.29 is 22.5 Å². The van der Waals surface area contributed by atoms with E-state index in [0.29, 0.717) is 23.1 Å². The van der Waals surface area contributed by atoms with Gasteiger partial charge in [0.25, 0.3) is 10.1 Å². The molecule has 3 aromatic carbocycles. The number of piperazine rings is 1. The van der Waals surface area contributed by atoms with Crippen molar-refractivity contribution in [1.82, 2.24) is 4.90 Å². The lowest BCUT2D eigenvalue weighted by molar-refractivity contribution is -0.116. The topological polar surface area (TPSA) is 99.2 Å². The van der Waals surface area contributed by atoms with Crippen LogP contribution >= 0.6 is 23.2 Å². The number of hydrogen-bond donors (Lipinski definition) is 2. The Bertz CT molecular complexity index is 1400. The Kier molecular flexibility index (Phi) is 10.7. The summed E-state index contributed by atoms with van der Waals surface area (Å²) in [5.74, 6) is 0.903. The minimum atomic E-state index is -4.00. The minimum absolute atomic E-state index is 0.0741. The van der Waals surface area contributed by atoms with Crippen LogP contribution in [-0.4, -0.2) is 63.1 Å². The fourth-order valence-electron chi connectivity index (χ4n) is 4.61. The van der Waals surface area contributed by atoms with Gasteiger partial charge in [0.1, 0.15) is 5.75 Å². The van der Waals surface area contributed by atoms with E-state index in [1.807, 2.05) is 30.3 Å². The van der Waals surface area contributed by atoms with Gasteiger partial charge in [0.15, 0.2) is 0 Å². The van der Waals surface area contributed by atoms with Crippen molar-refractivity contribution in [3.63, 3.8) is 0 Å². The summed E-state index contributed by atoms with van der Waals surface area (Å²) in [5.41, 5.74) is 3.10. The standard InChI is InChI=1S/C23H27Cl2N3O2.C6H6O3S/c24-19-4-3-5-21(23(19)25)28-13-11-27(12-14-28)10-1-2-15-30-18-8-6-17-7-9-22(29)26-20(17)16-18;7-10(8,9)6-4-2-1-3-5-6/h3-6,8,16H,1-2,7,9-15H2,(H,26,29);1-5H,(H,7,8,9). The van der Waals surface area contributed by atoms with E-state index in [9.17, 15) is 13.2 Å². The first kappa shape index (κ1) is 30.1. The predicted molar refractivity (Wildman–Crippen MR) is 159 cm³/mol. The third-order valence-electron chi connectivity index (χ3n) is 6.80. The third-order valence-corrected chi connectivity index (χ3v) is 8.48. The van der Waals surface area contributed by atoms with Crippen molar-refractivity contribution in [2.45, 2.75) is 30.6 Å². The molecule has 5 rings (SSSR count). The maximum Gasteiger partial charge on any atom is 0.294 e. The Morgan fingerprint density at radius 3 is 2.35 bits per heavy atom. The zero-order chi connectivity index (χ0) is 28.5. The fraction of sp³-hybridized carbons (Fsp3) is 0.345. The molecule has 0 aromatic heterocycles. The first-order valence-corrected chi connectivity index (χ1v) is 15.4. The Balaban J connectivity index is 0.000000312. The summed E-state index contributed by atoms with van der Waals surface area (Å²) in [6.45, 7) is 5.71. The van der Waals surface area contributed by atoms with E-state index >= 15 is 0 Å². The summed E-state index contributed by atoms with van der Waals surface area (Å²) in [4.78, 5) is 16.3. The molecule has 0 unspecified atom stereocenters. The van der Waals surface area contributed by atoms with Gasteiger partial charge in [-0.3, -0.25) is 14.2 Å². The molecular formula is C29H33Cl2N3O5S. The summed E-state index contributed by atoms with van der Waals surface area (Å²) >= 11 is 12.5. The molecule has 0 spiro atoms. The smallest absolute Gasteiger partial charge is 0.294 e. The molecule has 1 saturated heterocycles. The summed E-state index contributed by atoms with van der Waals surface area (Å²) in [6.07, 6.45) is 3.47. The molecular weight excluding hydrogens is 573 g/mol. The second-order valence-electron chi connectivity index (χ2n) is 9.61. The number of benzene rings is 3. The number of hydrogen-bond acceptors (Lipinski definition) is 6. The lowest BCUT2D eigenvalue weighted by atomic mass is 10.0. The van der Waals surface area contributed by atoms with Gasteiger partial charge in [-0.25, -0.2) is 0 Å². The van der Waals surface area contributed by atoms with Crippen molar-refractivity contribution in [1.29, 1.82) is 0 Å². The number of carbonyl (C=O) groups is 1. The van der Waals surface area contributed by atoms with Gasteiger partial charge in [0.2, 0.25) is 5.91 Å². The van der Waals surface area contributed by atoms with Crippen LogP contribution in [0.15, 0.2) is 71.6 Å². The zero-order valence-electron chi connectivity index (χ0n) is 22.1. The Labute approximate surface area is 245 Å². The molecule has 2 heterocycles. The van der Waals surface area contributed by atoms with E-state index in [1.54, 1.807) is 18.2 Å². The highest BCUT2D eigenvalue weighted by atomic mass is 35.5. The van der Waals surface area contributed by atoms with Crippen molar-refractivity contribution in [3.8, 4) is 5.75 Å². The zero-order valence-corrected chi connectivity index (χ0v) is 24.4. The summed E-state index contributed by atoms with van der Waals surface area (Å²) in [5, 5.41) is 4.18. The maximum absolute atomic E-state index is 11.5. The molecule has 0 bridgehead atoms. The van der Waals surface area contributed by atoms with Crippen molar-refractivity contribution >= 4 is 50.6 Å². The monoisotopic (exact) mass is 605 g/mol. The van der Waals surface area contributed by atoms with Crippen molar-refractivity contribution in [2.24, 2.45) is 0 Å². The van der Waals surface area contributed by atoms with Crippen LogP contribution in [0.25, 0.3) is 0 Å². The number of unbranched alkanes of at least 4 members (excludes halogenated alkanes) is 1. The molecule has 214 valence electrons. The normalized spacial score (nSPS) is 15.5. The number of ether oxygens (including phenoxy) is 1. The van der Waals surface area contributed by atoms with Crippen LogP contribution in [0.1, 0.15) is 24.8 Å². The second kappa shape index (κ2) is 14.2. The van der Waals surface area contributed by atoms with Crippen LogP contribution < -0.4 is 15.0 Å². The van der Waals surface area contributed by atoms with Gasteiger partial charge in [-0.15, -0.1) is 0 Å². The highest BCUT2D eigenvalue weighted by molar-refractivity contribution is 7.85. The molecule has 2 aliphatic heterocycles. The van der Waals surface area contributed by atoms with Crippen molar-refractivity contribution in [2.75, 3.05) is 49.5 Å². The van der Waals surface area contributed by atoms with Gasteiger partial charge in [-0.05, 0) is 61.7 Å². The lowest BCUT2D eigenvalue weighted by Gasteiger charge is -2.36. The predicted octanol–water partition coefficient (Wildman–Crippen LogP) is 5.79. The number of aryl methyl sites for hydroxylation is 1. The molecule has 0 saturated carbocycles. The lowest BCUT2D eigenvalue weighted by Crippen LogP contribution is -2.46. The van der Waals surface area contributed by atoms with Gasteiger partial charge in [0, 0.05) is 44.4 Å². The van der Waals surface area contributed by atoms with Gasteiger partial charge >= 0.3 is 0 Å². The quantitative estimate of drug-likeness (QED) is 0.247. The maximum atomic E-state index is 11.5. The number of nitrogens with one attached hydrogen (secondary N) is 1. The first-order chi connectivity index (χ1) is 19.2. The number of carbonyl (C=O) groups excluding carboxylic acids is 1. The van der Waals surface area contributed by atoms with Gasteiger partial charge in [-0.2, -0.15) is 8.42 Å². The fourth-order valence-corrected chi connectivity index (χ4v) is 5.53. The molecule has 1 amide bonds. The van der Waals surface area contributed by atoms with E-state index < -0.39 is 10.1 Å². The van der Waals surface area contributed by atoms with Crippen LogP contribution in [0.5, 0.6) is 5.75 Å². The van der Waals surface area contributed by atoms with E-state index in [4.69, 9.17) is 32.5 Å². The number of anilines is 2. The molecule has 40 heavy (non-hydrogen) atoms. The Morgan fingerprint density at radius 2 is 1.65 bits per heavy atom. The molecule has 3 aromatic rings. The molecule has 0 radical (unpaired) electrons. The summed E-state index contributed by atoms with van der Waals surface area (Å²) in [6, 6.07) is 19.2. The van der Waals surface area contributed by atoms with Crippen LogP contribution in [0.4, 0.5) is 11.4 Å². The molecule has 8 nitrogen and oxygen atoms in total. The minimum Gasteiger partial charge on any atom is -0.494 e. The molecule has 11 heteroatoms. The van der Waals surface area contributed by atoms with E-state index in [0.717, 1.165) is 69.1 Å². The van der Waals surface area contributed by atoms with Crippen LogP contribution in [0.2, 0.25) is 10.0 Å². The van der Waals surface area contributed by atoms with E-state index in [2.05, 4.69) is 21.2 Å². The Morgan fingerprint density at radius 1 is 0.900 bits per heavy atom. The third kappa shape index (κ3) is 8.59. The average Bonchev–Trinajstić information content (AvgIpc) is 2.95. The summed E-state index contributed by atoms with van der Waals surface area (Å²) in [7, 11) is -4.00. The Hall–Kier alpha value is -2.82. The largest absolute Gasteiger partial charge is 0.494 e. The highest BCUT2D eigenvalue weighted by Gasteiger charge is 2.19. The van der Waals surface area contributed by atoms with Crippen LogP contribution in [-0.2, 0) is 21.3 Å². The molecule has 1 fully saturated rings. The van der Waals surface area contributed by atoms with Crippen LogP contribution in [0, 0.1) is 0 Å². The molecule has 0 atom stereocenters. The van der Waals surface area contributed by atoms with E-state index in [-0.39, 0.29) is 10.8 Å². The number of amides is 1. The van der Waals surface area contributed by atoms with Gasteiger partial charge in [-0.1, -0.05) is 53.5 Å². The van der Waals surface area contributed by atoms with Gasteiger partial charge < -0.3 is 15.0 Å². The summed E-state index contributed by atoms with van der Waals surface area (Å²) < 4.78 is 35.1. The molecule has 0 aliphatic carbocycles. The average molecular weight is 607 g/mol. The van der Waals surface area contributed by atoms with Crippen molar-refractivity contribution in [3.05, 3.63) is 82.3 Å². The SMILES string of the molecule is O=C1CCc2ccc(OCCCCN3CCN(c4cccc(Cl)c4Cl)CC3)cc2N1.O=S(=O)(O)c1ccccc1. The number of nitrogens with zero attached hydrogens (tertiary/aromatic N) is 2. The van der Waals surface area contributed by atoms with Gasteiger partial charge in [0.05, 0.1) is 27.2 Å². The number of fused-ring (bicyclic) bond motifs is 1. The van der Waals surface area contributed by atoms with E-state index in [1.165, 1.54) is 17.7 Å². The first-order valence-electron chi connectivity index (χ1n) is 13.2. The number of rotatable bonds is 8.